The highest BCUT2D eigenvalue weighted by Crippen LogP contribution is 2.24. The molecule has 5 nitrogen and oxygen atoms in total. The van der Waals surface area contributed by atoms with Crippen LogP contribution in [0.25, 0.3) is 0 Å². The van der Waals surface area contributed by atoms with E-state index in [1.165, 1.54) is 6.92 Å². The summed E-state index contributed by atoms with van der Waals surface area (Å²) in [4.78, 5) is 27.7. The van der Waals surface area contributed by atoms with E-state index in [2.05, 4.69) is 10.2 Å². The Balaban J connectivity index is 1.88. The number of hydrogen-bond acceptors (Lipinski definition) is 4. The first-order valence-electron chi connectivity index (χ1n) is 6.54. The highest BCUT2D eigenvalue weighted by Gasteiger charge is 2.40. The second kappa shape index (κ2) is 4.75. The van der Waals surface area contributed by atoms with E-state index in [4.69, 9.17) is 0 Å². The molecular formula is C14H17N3O2. The third-order valence-corrected chi connectivity index (χ3v) is 3.79. The number of nitrogens with one attached hydrogen (secondary N) is 1. The first-order chi connectivity index (χ1) is 9.16. The minimum absolute atomic E-state index is 0.0212. The quantitative estimate of drug-likeness (QED) is 0.784. The molecule has 1 atom stereocenters. The molecule has 2 aliphatic rings. The number of hydrogen-bond donors (Lipinski definition) is 1. The van der Waals surface area contributed by atoms with Crippen LogP contribution in [0, 0.1) is 0 Å². The Morgan fingerprint density at radius 1 is 1.42 bits per heavy atom. The number of piperazine rings is 1. The van der Waals surface area contributed by atoms with Crippen molar-refractivity contribution < 1.29 is 9.59 Å². The Labute approximate surface area is 112 Å². The molecule has 0 spiro atoms. The fourth-order valence-corrected chi connectivity index (χ4v) is 2.69. The van der Waals surface area contributed by atoms with E-state index in [1.54, 1.807) is 17.0 Å². The second-order valence-corrected chi connectivity index (χ2v) is 5.05. The lowest BCUT2D eigenvalue weighted by atomic mass is 10.1. The van der Waals surface area contributed by atoms with Crippen LogP contribution in [-0.4, -0.2) is 48.9 Å². The molecular weight excluding hydrogens is 242 g/mol. The van der Waals surface area contributed by atoms with Crippen LogP contribution >= 0.6 is 0 Å². The summed E-state index contributed by atoms with van der Waals surface area (Å²) in [7, 11) is 0. The Morgan fingerprint density at radius 2 is 2.26 bits per heavy atom. The molecule has 0 aromatic heterocycles. The summed E-state index contributed by atoms with van der Waals surface area (Å²) in [5.74, 6) is 0.140. The average molecular weight is 259 g/mol. The monoisotopic (exact) mass is 259 g/mol. The summed E-state index contributed by atoms with van der Waals surface area (Å²) in [6.07, 6.45) is 0. The summed E-state index contributed by atoms with van der Waals surface area (Å²) in [5, 5.41) is 3.24. The van der Waals surface area contributed by atoms with E-state index in [-0.39, 0.29) is 17.7 Å². The number of carbonyl (C=O) groups excluding carboxylic acids is 2. The van der Waals surface area contributed by atoms with E-state index in [1.807, 2.05) is 12.1 Å². The zero-order chi connectivity index (χ0) is 13.4. The van der Waals surface area contributed by atoms with Gasteiger partial charge in [0, 0.05) is 30.9 Å². The highest BCUT2D eigenvalue weighted by molar-refractivity contribution is 6.01. The lowest BCUT2D eigenvalue weighted by Gasteiger charge is -2.26. The van der Waals surface area contributed by atoms with Gasteiger partial charge < -0.3 is 5.32 Å². The van der Waals surface area contributed by atoms with Gasteiger partial charge in [-0.25, -0.2) is 0 Å². The van der Waals surface area contributed by atoms with Gasteiger partial charge >= 0.3 is 0 Å². The van der Waals surface area contributed by atoms with Crippen molar-refractivity contribution in [1.82, 2.24) is 10.2 Å². The highest BCUT2D eigenvalue weighted by atomic mass is 16.2. The standard InChI is InChI=1S/C14H17N3O2/c1-10(18)11-3-2-4-12(7-11)17-9-16-6-5-15-8-13(16)14(17)19/h2-4,7,13,15H,5-6,8-9H2,1H3. The van der Waals surface area contributed by atoms with Crippen LogP contribution in [-0.2, 0) is 4.79 Å². The van der Waals surface area contributed by atoms with Crippen molar-refractivity contribution in [3.63, 3.8) is 0 Å². The fraction of sp³-hybridized carbons (Fsp3) is 0.429. The Morgan fingerprint density at radius 3 is 3.00 bits per heavy atom. The predicted octanol–water partition coefficient (Wildman–Crippen LogP) is 0.467. The van der Waals surface area contributed by atoms with Crippen molar-refractivity contribution in [2.75, 3.05) is 31.2 Å². The molecule has 0 bridgehead atoms. The molecule has 1 N–H and O–H groups in total. The van der Waals surface area contributed by atoms with Crippen LogP contribution in [0.15, 0.2) is 24.3 Å². The van der Waals surface area contributed by atoms with Crippen molar-refractivity contribution >= 4 is 17.4 Å². The van der Waals surface area contributed by atoms with E-state index >= 15 is 0 Å². The third-order valence-electron chi connectivity index (χ3n) is 3.79. The molecule has 19 heavy (non-hydrogen) atoms. The van der Waals surface area contributed by atoms with Crippen LogP contribution in [0.3, 0.4) is 0 Å². The van der Waals surface area contributed by atoms with Crippen molar-refractivity contribution in [2.24, 2.45) is 0 Å². The lowest BCUT2D eigenvalue weighted by molar-refractivity contribution is -0.120. The summed E-state index contributed by atoms with van der Waals surface area (Å²) >= 11 is 0. The van der Waals surface area contributed by atoms with Crippen molar-refractivity contribution in [3.8, 4) is 0 Å². The molecule has 2 fully saturated rings. The third kappa shape index (κ3) is 2.15. The summed E-state index contributed by atoms with van der Waals surface area (Å²) in [6.45, 7) is 4.68. The molecule has 3 rings (SSSR count). The Hall–Kier alpha value is -1.72. The van der Waals surface area contributed by atoms with Crippen LogP contribution in [0.4, 0.5) is 5.69 Å². The maximum absolute atomic E-state index is 12.4. The number of carbonyl (C=O) groups is 2. The fourth-order valence-electron chi connectivity index (χ4n) is 2.69. The van der Waals surface area contributed by atoms with Gasteiger partial charge in [0.15, 0.2) is 5.78 Å². The van der Waals surface area contributed by atoms with Crippen LogP contribution < -0.4 is 10.2 Å². The second-order valence-electron chi connectivity index (χ2n) is 5.05. The molecule has 1 aromatic rings. The van der Waals surface area contributed by atoms with Crippen molar-refractivity contribution in [1.29, 1.82) is 0 Å². The molecule has 5 heteroatoms. The number of nitrogens with zero attached hydrogens (tertiary/aromatic N) is 2. The number of rotatable bonds is 2. The molecule has 2 saturated heterocycles. The smallest absolute Gasteiger partial charge is 0.246 e. The van der Waals surface area contributed by atoms with Gasteiger partial charge in [0.25, 0.3) is 0 Å². The molecule has 1 aromatic carbocycles. The maximum Gasteiger partial charge on any atom is 0.246 e. The minimum Gasteiger partial charge on any atom is -0.313 e. The molecule has 0 aliphatic carbocycles. The van der Waals surface area contributed by atoms with Gasteiger partial charge in [-0.15, -0.1) is 0 Å². The Kier molecular flexibility index (Phi) is 3.08. The first-order valence-corrected chi connectivity index (χ1v) is 6.54. The molecule has 0 radical (unpaired) electrons. The first kappa shape index (κ1) is 12.3. The van der Waals surface area contributed by atoms with Crippen LogP contribution in [0.1, 0.15) is 17.3 Å². The van der Waals surface area contributed by atoms with E-state index in [9.17, 15) is 9.59 Å². The molecule has 1 amide bonds. The maximum atomic E-state index is 12.4. The van der Waals surface area contributed by atoms with E-state index in [0.717, 1.165) is 18.8 Å². The number of amides is 1. The van der Waals surface area contributed by atoms with Gasteiger partial charge in [-0.1, -0.05) is 12.1 Å². The molecule has 1 unspecified atom stereocenters. The molecule has 2 aliphatic heterocycles. The van der Waals surface area contributed by atoms with Crippen molar-refractivity contribution in [2.45, 2.75) is 13.0 Å². The predicted molar refractivity (Wildman–Crippen MR) is 72.2 cm³/mol. The molecule has 100 valence electrons. The van der Waals surface area contributed by atoms with Gasteiger partial charge in [-0.2, -0.15) is 0 Å². The van der Waals surface area contributed by atoms with Gasteiger partial charge in [-0.3, -0.25) is 19.4 Å². The van der Waals surface area contributed by atoms with Crippen LogP contribution in [0.5, 0.6) is 0 Å². The van der Waals surface area contributed by atoms with E-state index < -0.39 is 0 Å². The van der Waals surface area contributed by atoms with Crippen molar-refractivity contribution in [3.05, 3.63) is 29.8 Å². The minimum atomic E-state index is -0.0604. The SMILES string of the molecule is CC(=O)c1cccc(N2CN3CCNCC3C2=O)c1. The van der Waals surface area contributed by atoms with Crippen LogP contribution in [0.2, 0.25) is 0 Å². The lowest BCUT2D eigenvalue weighted by Crippen LogP contribution is -2.50. The van der Waals surface area contributed by atoms with Gasteiger partial charge in [0.1, 0.15) is 6.04 Å². The zero-order valence-electron chi connectivity index (χ0n) is 10.9. The topological polar surface area (TPSA) is 52.7 Å². The number of ketones is 1. The number of anilines is 1. The van der Waals surface area contributed by atoms with Gasteiger partial charge in [0.05, 0.1) is 6.67 Å². The average Bonchev–Trinajstić information content (AvgIpc) is 2.77. The summed E-state index contributed by atoms with van der Waals surface area (Å²) in [6, 6.07) is 7.23. The molecule has 0 saturated carbocycles. The normalized spacial score (nSPS) is 23.5. The summed E-state index contributed by atoms with van der Waals surface area (Å²) in [5.41, 5.74) is 1.46. The number of benzene rings is 1. The Bertz CT molecular complexity index is 529. The van der Waals surface area contributed by atoms with E-state index in [0.29, 0.717) is 18.8 Å². The number of Topliss-reactive ketones (excluding diaryl/α,β-unsaturated/α-hetero) is 1. The summed E-state index contributed by atoms with van der Waals surface area (Å²) < 4.78 is 0. The number of fused-ring (bicyclic) bond motifs is 1. The van der Waals surface area contributed by atoms with Gasteiger partial charge in [-0.05, 0) is 19.1 Å². The van der Waals surface area contributed by atoms with Gasteiger partial charge in [0.2, 0.25) is 5.91 Å². The largest absolute Gasteiger partial charge is 0.313 e. The molecule has 2 heterocycles. The zero-order valence-corrected chi connectivity index (χ0v) is 10.9.